The Morgan fingerprint density at radius 3 is 2.63 bits per heavy atom. The van der Waals surface area contributed by atoms with Gasteiger partial charge in [0, 0.05) is 0 Å². The number of benzene rings is 1. The van der Waals surface area contributed by atoms with Gasteiger partial charge < -0.3 is 30.4 Å². The summed E-state index contributed by atoms with van der Waals surface area (Å²) in [6.07, 6.45) is -2.76. The zero-order valence-electron chi connectivity index (χ0n) is 19.3. The van der Waals surface area contributed by atoms with E-state index in [-0.39, 0.29) is 18.5 Å². The third-order valence-corrected chi connectivity index (χ3v) is 6.12. The molecule has 2 amide bonds. The van der Waals surface area contributed by atoms with Crippen LogP contribution in [0.25, 0.3) is 11.0 Å². The van der Waals surface area contributed by atoms with E-state index in [1.54, 1.807) is 18.2 Å². The first-order valence-electron chi connectivity index (χ1n) is 11.3. The molecule has 1 aromatic heterocycles. The van der Waals surface area contributed by atoms with E-state index < -0.39 is 55.5 Å². The first-order chi connectivity index (χ1) is 16.3. The fourth-order valence-corrected chi connectivity index (χ4v) is 3.65. The highest BCUT2D eigenvalue weighted by Crippen LogP contribution is 2.34. The number of imidazole rings is 1. The molecule has 13 heteroatoms. The van der Waals surface area contributed by atoms with Gasteiger partial charge in [-0.1, -0.05) is 6.07 Å². The highest BCUT2D eigenvalue weighted by molar-refractivity contribution is 5.78. The van der Waals surface area contributed by atoms with Crippen molar-refractivity contribution in [2.24, 2.45) is 5.73 Å². The highest BCUT2D eigenvalue weighted by Gasteiger charge is 2.49. The number of rotatable bonds is 9. The number of hydrogen-bond donors (Lipinski definition) is 3. The molecular weight excluding hydrogens is 477 g/mol. The molecule has 4 N–H and O–H groups in total. The van der Waals surface area contributed by atoms with Crippen LogP contribution in [0.15, 0.2) is 18.2 Å². The Bertz CT molecular complexity index is 1070. The van der Waals surface area contributed by atoms with E-state index in [9.17, 15) is 26.7 Å². The lowest BCUT2D eigenvalue weighted by atomic mass is 10.0. The Labute approximate surface area is 198 Å². The number of nitrogens with one attached hydrogen (secondary N) is 2. The van der Waals surface area contributed by atoms with Crippen molar-refractivity contribution in [1.29, 1.82) is 0 Å². The van der Waals surface area contributed by atoms with Crippen molar-refractivity contribution in [2.45, 2.75) is 62.6 Å². The second-order valence-corrected chi connectivity index (χ2v) is 9.52. The second kappa shape index (κ2) is 9.17. The maximum Gasteiger partial charge on any atom is 0.416 e. The van der Waals surface area contributed by atoms with Crippen LogP contribution in [0, 0.1) is 0 Å². The van der Waals surface area contributed by atoms with E-state index >= 15 is 0 Å². The van der Waals surface area contributed by atoms with E-state index in [0.717, 1.165) is 31.6 Å². The molecule has 1 saturated heterocycles. The monoisotopic (exact) mass is 505 g/mol. The van der Waals surface area contributed by atoms with Crippen molar-refractivity contribution in [2.75, 3.05) is 26.3 Å². The molecule has 1 saturated carbocycles. The summed E-state index contributed by atoms with van der Waals surface area (Å²) in [6.45, 7) is -0.0439. The largest absolute Gasteiger partial charge is 0.416 e. The van der Waals surface area contributed by atoms with Crippen LogP contribution in [0.4, 0.5) is 26.7 Å². The number of carbonyl (C=O) groups is 1. The predicted molar refractivity (Wildman–Crippen MR) is 116 cm³/mol. The Kier molecular flexibility index (Phi) is 6.70. The van der Waals surface area contributed by atoms with Gasteiger partial charge in [-0.25, -0.2) is 18.6 Å². The molecule has 2 heterocycles. The van der Waals surface area contributed by atoms with Crippen LogP contribution in [-0.2, 0) is 9.47 Å². The number of aromatic amines is 1. The number of hydrogen-bond acceptors (Lipinski definition) is 5. The molecule has 194 valence electrons. The lowest BCUT2D eigenvalue weighted by Gasteiger charge is -2.38. The summed E-state index contributed by atoms with van der Waals surface area (Å²) >= 11 is 0. The van der Waals surface area contributed by atoms with Gasteiger partial charge in [-0.05, 0) is 44.4 Å². The summed E-state index contributed by atoms with van der Waals surface area (Å²) in [6, 6.07) is 2.58. The van der Waals surface area contributed by atoms with Crippen molar-refractivity contribution in [3.63, 3.8) is 0 Å². The summed E-state index contributed by atoms with van der Waals surface area (Å²) in [4.78, 5) is 20.8. The maximum absolute atomic E-state index is 14.1. The van der Waals surface area contributed by atoms with Gasteiger partial charge in [0.15, 0.2) is 5.60 Å². The topological polar surface area (TPSA) is 106 Å². The molecule has 8 nitrogen and oxygen atoms in total. The van der Waals surface area contributed by atoms with Crippen LogP contribution in [0.2, 0.25) is 0 Å². The molecule has 4 rings (SSSR count). The minimum atomic E-state index is -4.56. The van der Waals surface area contributed by atoms with E-state index in [1.165, 1.54) is 0 Å². The number of halogens is 5. The molecule has 35 heavy (non-hydrogen) atoms. The quantitative estimate of drug-likeness (QED) is 0.450. The standard InChI is InChI=1S/C22H28F5N5O3/c1-20(2,22(25,26)27)35-8-14(28)18-30-15-6-3-12(7-16(15)31-18)17(9-34-13-4-5-13)32-11-21(23,24)10-29-19(32)33/h3,6-7,13-14,17H,4-5,8-11,28H2,1-2H3,(H,29,33)(H,30,31)/t14-,17+/m0/s1. The molecule has 1 aliphatic carbocycles. The summed E-state index contributed by atoms with van der Waals surface area (Å²) in [5.74, 6) is -2.88. The molecule has 0 spiro atoms. The zero-order valence-corrected chi connectivity index (χ0v) is 19.3. The van der Waals surface area contributed by atoms with Gasteiger partial charge >= 0.3 is 12.2 Å². The van der Waals surface area contributed by atoms with Gasteiger partial charge in [0.05, 0.1) is 55.5 Å². The summed E-state index contributed by atoms with van der Waals surface area (Å²) in [5, 5.41) is 2.22. The predicted octanol–water partition coefficient (Wildman–Crippen LogP) is 3.80. The number of ether oxygens (including phenoxy) is 2. The van der Waals surface area contributed by atoms with Gasteiger partial charge in [-0.3, -0.25) is 0 Å². The third-order valence-electron chi connectivity index (χ3n) is 6.12. The molecule has 0 bridgehead atoms. The molecule has 1 aliphatic heterocycles. The first kappa shape index (κ1) is 25.6. The number of nitrogens with two attached hydrogens (primary N) is 1. The number of aromatic nitrogens is 2. The number of amides is 2. The van der Waals surface area contributed by atoms with E-state index in [1.807, 2.05) is 0 Å². The van der Waals surface area contributed by atoms with Crippen LogP contribution < -0.4 is 11.1 Å². The highest BCUT2D eigenvalue weighted by atomic mass is 19.4. The van der Waals surface area contributed by atoms with Gasteiger partial charge in [-0.15, -0.1) is 0 Å². The summed E-state index contributed by atoms with van der Waals surface area (Å²) in [7, 11) is 0. The maximum atomic E-state index is 14.1. The molecule has 0 unspecified atom stereocenters. The number of H-pyrrole nitrogens is 1. The Morgan fingerprint density at radius 2 is 1.97 bits per heavy atom. The van der Waals surface area contributed by atoms with E-state index in [4.69, 9.17) is 15.2 Å². The summed E-state index contributed by atoms with van der Waals surface area (Å²) < 4.78 is 78.0. The fourth-order valence-electron chi connectivity index (χ4n) is 3.65. The lowest BCUT2D eigenvalue weighted by Crippen LogP contribution is -2.58. The van der Waals surface area contributed by atoms with Crippen molar-refractivity contribution >= 4 is 17.1 Å². The summed E-state index contributed by atoms with van der Waals surface area (Å²) in [5.41, 5.74) is 5.14. The van der Waals surface area contributed by atoms with Crippen molar-refractivity contribution in [3.8, 4) is 0 Å². The Morgan fingerprint density at radius 1 is 1.26 bits per heavy atom. The number of fused-ring (bicyclic) bond motifs is 1. The average molecular weight is 505 g/mol. The number of carbonyl (C=O) groups excluding carboxylic acids is 1. The first-order valence-corrected chi connectivity index (χ1v) is 11.3. The van der Waals surface area contributed by atoms with Crippen LogP contribution >= 0.6 is 0 Å². The second-order valence-electron chi connectivity index (χ2n) is 9.52. The van der Waals surface area contributed by atoms with Gasteiger partial charge in [0.1, 0.15) is 5.82 Å². The third kappa shape index (κ3) is 5.84. The molecule has 2 fully saturated rings. The van der Waals surface area contributed by atoms with Gasteiger partial charge in [0.25, 0.3) is 5.92 Å². The van der Waals surface area contributed by atoms with Crippen molar-refractivity contribution in [1.82, 2.24) is 20.2 Å². The number of alkyl halides is 5. The van der Waals surface area contributed by atoms with Crippen LogP contribution in [0.3, 0.4) is 0 Å². The molecule has 2 atom stereocenters. The van der Waals surface area contributed by atoms with Gasteiger partial charge in [0.2, 0.25) is 0 Å². The van der Waals surface area contributed by atoms with Crippen LogP contribution in [0.5, 0.6) is 0 Å². The van der Waals surface area contributed by atoms with E-state index in [2.05, 4.69) is 15.3 Å². The molecule has 2 aromatic rings. The SMILES string of the molecule is CC(C)(OC[C@H](N)c1nc2ccc([C@@H](COC3CC3)N3CC(F)(F)CNC3=O)cc2[nH]1)C(F)(F)F. The smallest absolute Gasteiger partial charge is 0.376 e. The lowest BCUT2D eigenvalue weighted by molar-refractivity contribution is -0.264. The van der Waals surface area contributed by atoms with Crippen molar-refractivity contribution in [3.05, 3.63) is 29.6 Å². The normalized spacial score (nSPS) is 20.7. The number of nitrogens with zero attached hydrogens (tertiary/aromatic N) is 2. The van der Waals surface area contributed by atoms with Crippen LogP contribution in [0.1, 0.15) is 50.2 Å². The Balaban J connectivity index is 1.55. The molecule has 2 aliphatic rings. The molecular formula is C22H28F5N5O3. The minimum absolute atomic E-state index is 0.0422. The molecule has 0 radical (unpaired) electrons. The Hall–Kier alpha value is -2.51. The number of urea groups is 1. The van der Waals surface area contributed by atoms with Crippen molar-refractivity contribution < 1.29 is 36.2 Å². The average Bonchev–Trinajstić information content (AvgIpc) is 3.49. The zero-order chi connectivity index (χ0) is 25.6. The van der Waals surface area contributed by atoms with E-state index in [0.29, 0.717) is 16.6 Å². The fraction of sp³-hybridized carbons (Fsp3) is 0.636. The van der Waals surface area contributed by atoms with Crippen LogP contribution in [-0.4, -0.2) is 71.0 Å². The molecule has 1 aromatic carbocycles. The minimum Gasteiger partial charge on any atom is -0.376 e. The van der Waals surface area contributed by atoms with Gasteiger partial charge in [-0.2, -0.15) is 13.2 Å².